The first kappa shape index (κ1) is 18.4. The summed E-state index contributed by atoms with van der Waals surface area (Å²) >= 11 is 7.03. The van der Waals surface area contributed by atoms with Crippen LogP contribution in [0.1, 0.15) is 20.9 Å². The number of nitrogens with zero attached hydrogens (tertiary/aromatic N) is 1. The van der Waals surface area contributed by atoms with Crippen LogP contribution in [0.2, 0.25) is 5.02 Å². The normalized spacial score (nSPS) is 11.4. The Morgan fingerprint density at radius 3 is 2.50 bits per heavy atom. The van der Waals surface area contributed by atoms with E-state index >= 15 is 0 Å². The highest BCUT2D eigenvalue weighted by molar-refractivity contribution is 7.17. The summed E-state index contributed by atoms with van der Waals surface area (Å²) in [6.07, 6.45) is -4.47. The molecule has 0 spiro atoms. The van der Waals surface area contributed by atoms with Gasteiger partial charge in [-0.05, 0) is 37.3 Å². The maximum atomic E-state index is 12.8. The minimum atomic E-state index is -4.47. The lowest BCUT2D eigenvalue weighted by Gasteiger charge is -2.09. The van der Waals surface area contributed by atoms with E-state index in [-0.39, 0.29) is 5.69 Å². The molecule has 1 aromatic heterocycles. The zero-order valence-corrected chi connectivity index (χ0v) is 15.0. The fourth-order valence-corrected chi connectivity index (χ4v) is 3.38. The Morgan fingerprint density at radius 1 is 1.15 bits per heavy atom. The molecule has 3 nitrogen and oxygen atoms in total. The molecule has 0 aliphatic carbocycles. The lowest BCUT2D eigenvalue weighted by Crippen LogP contribution is -2.13. The van der Waals surface area contributed by atoms with E-state index in [0.29, 0.717) is 20.6 Å². The third kappa shape index (κ3) is 4.05. The summed E-state index contributed by atoms with van der Waals surface area (Å²) in [6, 6.07) is 11.5. The standard InChI is InChI=1S/C18H12ClF3N2OS/c1-10-15(26-17(23-10)11-5-7-13(19)8-6-11)16(25)24-14-4-2-3-12(9-14)18(20,21)22/h2-9H,1H3,(H,24,25). The highest BCUT2D eigenvalue weighted by atomic mass is 35.5. The van der Waals surface area contributed by atoms with E-state index in [1.165, 1.54) is 23.5 Å². The molecule has 1 N–H and O–H groups in total. The summed E-state index contributed by atoms with van der Waals surface area (Å²) in [6.45, 7) is 1.68. The molecule has 2 aromatic carbocycles. The van der Waals surface area contributed by atoms with Crippen LogP contribution < -0.4 is 5.32 Å². The van der Waals surface area contributed by atoms with E-state index in [4.69, 9.17) is 11.6 Å². The number of alkyl halides is 3. The average molecular weight is 397 g/mol. The van der Waals surface area contributed by atoms with Gasteiger partial charge in [-0.1, -0.05) is 29.8 Å². The number of aryl methyl sites for hydroxylation is 1. The van der Waals surface area contributed by atoms with Gasteiger partial charge in [0.15, 0.2) is 0 Å². The van der Waals surface area contributed by atoms with Gasteiger partial charge in [0.25, 0.3) is 5.91 Å². The molecule has 134 valence electrons. The fraction of sp³-hybridized carbons (Fsp3) is 0.111. The van der Waals surface area contributed by atoms with E-state index in [2.05, 4.69) is 10.3 Å². The van der Waals surface area contributed by atoms with Crippen molar-refractivity contribution < 1.29 is 18.0 Å². The highest BCUT2D eigenvalue weighted by Gasteiger charge is 2.30. The van der Waals surface area contributed by atoms with Crippen LogP contribution in [0.15, 0.2) is 48.5 Å². The minimum Gasteiger partial charge on any atom is -0.321 e. The average Bonchev–Trinajstić information content (AvgIpc) is 2.97. The Hall–Kier alpha value is -2.38. The molecule has 0 aliphatic rings. The van der Waals surface area contributed by atoms with Crippen LogP contribution in [-0.2, 0) is 6.18 Å². The zero-order valence-electron chi connectivity index (χ0n) is 13.4. The topological polar surface area (TPSA) is 42.0 Å². The quantitative estimate of drug-likeness (QED) is 0.586. The van der Waals surface area contributed by atoms with Crippen molar-refractivity contribution in [1.29, 1.82) is 0 Å². The number of hydrogen-bond acceptors (Lipinski definition) is 3. The van der Waals surface area contributed by atoms with Crippen LogP contribution >= 0.6 is 22.9 Å². The van der Waals surface area contributed by atoms with Crippen molar-refractivity contribution in [3.05, 3.63) is 69.7 Å². The third-order valence-electron chi connectivity index (χ3n) is 3.54. The van der Waals surface area contributed by atoms with Gasteiger partial charge in [-0.25, -0.2) is 4.98 Å². The molecule has 0 fully saturated rings. The number of benzene rings is 2. The summed E-state index contributed by atoms with van der Waals surface area (Å²) < 4.78 is 38.3. The number of nitrogens with one attached hydrogen (secondary N) is 1. The predicted octanol–water partition coefficient (Wildman–Crippen LogP) is 6.04. The van der Waals surface area contributed by atoms with Gasteiger partial charge in [0.05, 0.1) is 11.3 Å². The first-order chi connectivity index (χ1) is 12.2. The number of carbonyl (C=O) groups excluding carboxylic acids is 1. The Morgan fingerprint density at radius 2 is 1.85 bits per heavy atom. The first-order valence-corrected chi connectivity index (χ1v) is 8.65. The van der Waals surface area contributed by atoms with Gasteiger partial charge in [-0.2, -0.15) is 13.2 Å². The van der Waals surface area contributed by atoms with Crippen LogP contribution in [-0.4, -0.2) is 10.9 Å². The maximum Gasteiger partial charge on any atom is 0.416 e. The summed E-state index contributed by atoms with van der Waals surface area (Å²) in [7, 11) is 0. The Bertz CT molecular complexity index is 952. The van der Waals surface area contributed by atoms with Crippen molar-refractivity contribution in [1.82, 2.24) is 4.98 Å². The minimum absolute atomic E-state index is 0.0747. The first-order valence-electron chi connectivity index (χ1n) is 7.46. The van der Waals surface area contributed by atoms with Crippen molar-refractivity contribution in [3.8, 4) is 10.6 Å². The van der Waals surface area contributed by atoms with Crippen molar-refractivity contribution in [3.63, 3.8) is 0 Å². The molecule has 0 radical (unpaired) electrons. The maximum absolute atomic E-state index is 12.8. The van der Waals surface area contributed by atoms with E-state index in [1.54, 1.807) is 31.2 Å². The number of aromatic nitrogens is 1. The molecule has 1 amide bonds. The summed E-state index contributed by atoms with van der Waals surface area (Å²) in [5.41, 5.74) is 0.564. The number of halogens is 4. The van der Waals surface area contributed by atoms with E-state index < -0.39 is 17.6 Å². The van der Waals surface area contributed by atoms with E-state index in [1.807, 2.05) is 0 Å². The fourth-order valence-electron chi connectivity index (χ4n) is 2.28. The molecule has 0 atom stereocenters. The molecule has 0 unspecified atom stereocenters. The van der Waals surface area contributed by atoms with Crippen molar-refractivity contribution in [2.45, 2.75) is 13.1 Å². The molecule has 26 heavy (non-hydrogen) atoms. The summed E-state index contributed by atoms with van der Waals surface area (Å²) in [5, 5.41) is 3.72. The molecular weight excluding hydrogens is 385 g/mol. The van der Waals surface area contributed by atoms with Gasteiger partial charge in [0.1, 0.15) is 9.88 Å². The number of anilines is 1. The zero-order chi connectivity index (χ0) is 18.9. The molecule has 0 saturated carbocycles. The van der Waals surface area contributed by atoms with Gasteiger partial charge < -0.3 is 5.32 Å². The second-order valence-electron chi connectivity index (χ2n) is 5.47. The smallest absolute Gasteiger partial charge is 0.321 e. The van der Waals surface area contributed by atoms with Gasteiger partial charge >= 0.3 is 6.18 Å². The molecular formula is C18H12ClF3N2OS. The molecule has 8 heteroatoms. The van der Waals surface area contributed by atoms with E-state index in [0.717, 1.165) is 17.7 Å². The summed E-state index contributed by atoms with van der Waals surface area (Å²) in [5.74, 6) is -0.500. The lowest BCUT2D eigenvalue weighted by molar-refractivity contribution is -0.137. The number of rotatable bonds is 3. The van der Waals surface area contributed by atoms with Crippen LogP contribution in [0, 0.1) is 6.92 Å². The molecule has 3 aromatic rings. The second kappa shape index (κ2) is 7.09. The number of thiazole rings is 1. The van der Waals surface area contributed by atoms with E-state index in [9.17, 15) is 18.0 Å². The van der Waals surface area contributed by atoms with Gasteiger partial charge in [-0.3, -0.25) is 4.79 Å². The Kier molecular flexibility index (Phi) is 5.02. The highest BCUT2D eigenvalue weighted by Crippen LogP contribution is 2.32. The van der Waals surface area contributed by atoms with Crippen LogP contribution in [0.25, 0.3) is 10.6 Å². The monoisotopic (exact) mass is 396 g/mol. The number of hydrogen-bond donors (Lipinski definition) is 1. The van der Waals surface area contributed by atoms with Gasteiger partial charge in [0, 0.05) is 16.3 Å². The Labute approximate surface area is 156 Å². The molecule has 3 rings (SSSR count). The van der Waals surface area contributed by atoms with Crippen molar-refractivity contribution in [2.24, 2.45) is 0 Å². The molecule has 0 aliphatic heterocycles. The molecule has 0 saturated heterocycles. The number of carbonyl (C=O) groups is 1. The predicted molar refractivity (Wildman–Crippen MR) is 96.7 cm³/mol. The molecule has 1 heterocycles. The van der Waals surface area contributed by atoms with Crippen molar-refractivity contribution in [2.75, 3.05) is 5.32 Å². The number of amides is 1. The van der Waals surface area contributed by atoms with Crippen LogP contribution in [0.4, 0.5) is 18.9 Å². The lowest BCUT2D eigenvalue weighted by atomic mass is 10.2. The van der Waals surface area contributed by atoms with Gasteiger partial charge in [0.2, 0.25) is 0 Å². The second-order valence-corrected chi connectivity index (χ2v) is 6.91. The third-order valence-corrected chi connectivity index (χ3v) is 5.00. The van der Waals surface area contributed by atoms with Crippen LogP contribution in [0.5, 0.6) is 0 Å². The molecule has 0 bridgehead atoms. The Balaban J connectivity index is 1.84. The van der Waals surface area contributed by atoms with Gasteiger partial charge in [-0.15, -0.1) is 11.3 Å². The largest absolute Gasteiger partial charge is 0.416 e. The van der Waals surface area contributed by atoms with Crippen molar-refractivity contribution >= 4 is 34.5 Å². The SMILES string of the molecule is Cc1nc(-c2ccc(Cl)cc2)sc1C(=O)Nc1cccc(C(F)(F)F)c1. The van der Waals surface area contributed by atoms with Crippen LogP contribution in [0.3, 0.4) is 0 Å². The summed E-state index contributed by atoms with van der Waals surface area (Å²) in [4.78, 5) is 17.2.